The fraction of sp³-hybridized carbons (Fsp3) is 0.385. The Kier molecular flexibility index (Phi) is 3.36. The van der Waals surface area contributed by atoms with E-state index in [1.54, 1.807) is 0 Å². The molecule has 0 bridgehead atoms. The van der Waals surface area contributed by atoms with E-state index in [9.17, 15) is 0 Å². The predicted molar refractivity (Wildman–Crippen MR) is 70.3 cm³/mol. The second-order valence-corrected chi connectivity index (χ2v) is 5.39. The largest absolute Gasteiger partial charge is 0.459 e. The molecule has 16 heavy (non-hydrogen) atoms. The highest BCUT2D eigenvalue weighted by Crippen LogP contribution is 2.30. The van der Waals surface area contributed by atoms with Crippen molar-refractivity contribution in [1.82, 2.24) is 0 Å². The van der Waals surface area contributed by atoms with Crippen molar-refractivity contribution in [3.8, 4) is 0 Å². The summed E-state index contributed by atoms with van der Waals surface area (Å²) in [5, 5.41) is 1.09. The van der Waals surface area contributed by atoms with Gasteiger partial charge in [-0.3, -0.25) is 0 Å². The summed E-state index contributed by atoms with van der Waals surface area (Å²) >= 11 is 3.51. The van der Waals surface area contributed by atoms with Gasteiger partial charge in [0.2, 0.25) is 0 Å². The van der Waals surface area contributed by atoms with Crippen LogP contribution in [0.1, 0.15) is 32.1 Å². The van der Waals surface area contributed by atoms with Gasteiger partial charge in [-0.2, -0.15) is 0 Å². The van der Waals surface area contributed by atoms with Crippen molar-refractivity contribution in [2.45, 2.75) is 26.3 Å². The fourth-order valence-electron chi connectivity index (χ4n) is 1.85. The van der Waals surface area contributed by atoms with Crippen LogP contribution in [0.15, 0.2) is 33.2 Å². The molecule has 1 aromatic carbocycles. The van der Waals surface area contributed by atoms with Gasteiger partial charge in [0.25, 0.3) is 0 Å². The van der Waals surface area contributed by atoms with Crippen LogP contribution in [-0.4, -0.2) is 0 Å². The van der Waals surface area contributed by atoms with Crippen LogP contribution in [0.4, 0.5) is 0 Å². The molecule has 0 saturated heterocycles. The average Bonchev–Trinajstić information content (AvgIpc) is 2.61. The van der Waals surface area contributed by atoms with Crippen LogP contribution in [0.3, 0.4) is 0 Å². The van der Waals surface area contributed by atoms with Crippen molar-refractivity contribution in [2.24, 2.45) is 11.7 Å². The van der Waals surface area contributed by atoms with Gasteiger partial charge < -0.3 is 10.2 Å². The molecule has 0 radical (unpaired) electrons. The van der Waals surface area contributed by atoms with Gasteiger partial charge in [-0.15, -0.1) is 0 Å². The van der Waals surface area contributed by atoms with Crippen LogP contribution < -0.4 is 5.73 Å². The first-order valence-electron chi connectivity index (χ1n) is 5.51. The van der Waals surface area contributed by atoms with Crippen LogP contribution in [-0.2, 0) is 0 Å². The number of rotatable bonds is 3. The molecule has 1 atom stereocenters. The van der Waals surface area contributed by atoms with E-state index < -0.39 is 0 Å². The summed E-state index contributed by atoms with van der Waals surface area (Å²) in [6.45, 7) is 4.33. The van der Waals surface area contributed by atoms with Crippen molar-refractivity contribution in [2.75, 3.05) is 0 Å². The van der Waals surface area contributed by atoms with Gasteiger partial charge in [-0.05, 0) is 30.5 Å². The van der Waals surface area contributed by atoms with E-state index in [0.717, 1.165) is 27.6 Å². The molecule has 0 aliphatic heterocycles. The lowest BCUT2D eigenvalue weighted by Crippen LogP contribution is -2.11. The van der Waals surface area contributed by atoms with Gasteiger partial charge in [0, 0.05) is 9.86 Å². The minimum absolute atomic E-state index is 0.0145. The zero-order valence-electron chi connectivity index (χ0n) is 9.53. The molecule has 2 nitrogen and oxygen atoms in total. The van der Waals surface area contributed by atoms with E-state index >= 15 is 0 Å². The maximum absolute atomic E-state index is 6.10. The first-order chi connectivity index (χ1) is 7.58. The van der Waals surface area contributed by atoms with Crippen LogP contribution in [0.25, 0.3) is 11.0 Å². The van der Waals surface area contributed by atoms with Crippen molar-refractivity contribution < 1.29 is 4.42 Å². The summed E-state index contributed by atoms with van der Waals surface area (Å²) in [5.74, 6) is 1.45. The van der Waals surface area contributed by atoms with Gasteiger partial charge in [0.05, 0.1) is 6.04 Å². The molecule has 1 unspecified atom stereocenters. The molecule has 1 aromatic heterocycles. The van der Waals surface area contributed by atoms with Crippen molar-refractivity contribution in [3.63, 3.8) is 0 Å². The molecule has 0 aliphatic rings. The highest BCUT2D eigenvalue weighted by Gasteiger charge is 2.14. The van der Waals surface area contributed by atoms with E-state index in [4.69, 9.17) is 10.2 Å². The number of halogens is 1. The molecule has 2 N–H and O–H groups in total. The molecule has 2 rings (SSSR count). The summed E-state index contributed by atoms with van der Waals surface area (Å²) in [4.78, 5) is 0. The summed E-state index contributed by atoms with van der Waals surface area (Å²) in [6.07, 6.45) is 0.942. The van der Waals surface area contributed by atoms with E-state index in [2.05, 4.69) is 29.8 Å². The number of nitrogens with two attached hydrogens (primary N) is 1. The zero-order chi connectivity index (χ0) is 11.7. The number of fused-ring (bicyclic) bond motifs is 1. The zero-order valence-corrected chi connectivity index (χ0v) is 11.1. The SMILES string of the molecule is CC(C)CC(N)c1cc2c(Br)cccc2o1. The third-order valence-corrected chi connectivity index (χ3v) is 3.31. The van der Waals surface area contributed by atoms with E-state index in [0.29, 0.717) is 5.92 Å². The van der Waals surface area contributed by atoms with Crippen LogP contribution in [0, 0.1) is 5.92 Å². The Hall–Kier alpha value is -0.800. The average molecular weight is 282 g/mol. The summed E-state index contributed by atoms with van der Waals surface area (Å²) in [7, 11) is 0. The van der Waals surface area contributed by atoms with Crippen molar-refractivity contribution in [3.05, 3.63) is 34.5 Å². The summed E-state index contributed by atoms with van der Waals surface area (Å²) in [6, 6.07) is 7.96. The molecular formula is C13H16BrNO. The van der Waals surface area contributed by atoms with Gasteiger partial charge in [-0.1, -0.05) is 35.8 Å². The Balaban J connectivity index is 2.36. The molecule has 2 aromatic rings. The lowest BCUT2D eigenvalue weighted by atomic mass is 10.0. The van der Waals surface area contributed by atoms with E-state index in [1.165, 1.54) is 0 Å². The standard InChI is InChI=1S/C13H16BrNO/c1-8(2)6-11(15)13-7-9-10(14)4-3-5-12(9)16-13/h3-5,7-8,11H,6,15H2,1-2H3. The Morgan fingerprint density at radius 1 is 1.38 bits per heavy atom. The first kappa shape index (κ1) is 11.7. The lowest BCUT2D eigenvalue weighted by molar-refractivity contribution is 0.431. The number of hydrogen-bond acceptors (Lipinski definition) is 2. The minimum Gasteiger partial charge on any atom is -0.459 e. The topological polar surface area (TPSA) is 39.2 Å². The second-order valence-electron chi connectivity index (χ2n) is 4.54. The highest BCUT2D eigenvalue weighted by molar-refractivity contribution is 9.10. The number of benzene rings is 1. The van der Waals surface area contributed by atoms with Gasteiger partial charge in [0.15, 0.2) is 0 Å². The molecule has 3 heteroatoms. The maximum atomic E-state index is 6.10. The molecule has 0 amide bonds. The van der Waals surface area contributed by atoms with Crippen molar-refractivity contribution in [1.29, 1.82) is 0 Å². The van der Waals surface area contributed by atoms with Crippen LogP contribution in [0.2, 0.25) is 0 Å². The molecule has 0 saturated carbocycles. The van der Waals surface area contributed by atoms with Gasteiger partial charge >= 0.3 is 0 Å². The Bertz CT molecular complexity index is 490. The third kappa shape index (κ3) is 2.30. The van der Waals surface area contributed by atoms with Gasteiger partial charge in [0.1, 0.15) is 11.3 Å². The minimum atomic E-state index is -0.0145. The Morgan fingerprint density at radius 2 is 2.12 bits per heavy atom. The summed E-state index contributed by atoms with van der Waals surface area (Å²) < 4.78 is 6.81. The van der Waals surface area contributed by atoms with E-state index in [-0.39, 0.29) is 6.04 Å². The van der Waals surface area contributed by atoms with E-state index in [1.807, 2.05) is 24.3 Å². The normalized spacial score (nSPS) is 13.6. The maximum Gasteiger partial charge on any atom is 0.135 e. The molecule has 0 spiro atoms. The molecule has 86 valence electrons. The smallest absolute Gasteiger partial charge is 0.135 e. The molecule has 0 aliphatic carbocycles. The predicted octanol–water partition coefficient (Wildman–Crippen LogP) is 4.24. The lowest BCUT2D eigenvalue weighted by Gasteiger charge is -2.10. The Morgan fingerprint density at radius 3 is 2.75 bits per heavy atom. The summed E-state index contributed by atoms with van der Waals surface area (Å²) in [5.41, 5.74) is 6.99. The third-order valence-electron chi connectivity index (χ3n) is 2.62. The number of hydrogen-bond donors (Lipinski definition) is 1. The fourth-order valence-corrected chi connectivity index (χ4v) is 2.31. The molecular weight excluding hydrogens is 266 g/mol. The highest BCUT2D eigenvalue weighted by atomic mass is 79.9. The van der Waals surface area contributed by atoms with Crippen LogP contribution >= 0.6 is 15.9 Å². The van der Waals surface area contributed by atoms with Gasteiger partial charge in [-0.25, -0.2) is 0 Å². The number of furan rings is 1. The molecule has 0 fully saturated rings. The first-order valence-corrected chi connectivity index (χ1v) is 6.30. The Labute approximate surface area is 104 Å². The van der Waals surface area contributed by atoms with Crippen molar-refractivity contribution >= 4 is 26.9 Å². The quantitative estimate of drug-likeness (QED) is 0.914. The molecule has 1 heterocycles. The second kappa shape index (κ2) is 4.60. The van der Waals surface area contributed by atoms with Crippen LogP contribution in [0.5, 0.6) is 0 Å². The monoisotopic (exact) mass is 281 g/mol.